The third-order valence-electron chi connectivity index (χ3n) is 5.93. The Morgan fingerprint density at radius 2 is 0.692 bits per heavy atom. The van der Waals surface area contributed by atoms with Crippen LogP contribution in [0.2, 0.25) is 0 Å². The normalized spacial score (nSPS) is 10.1. The second-order valence-electron chi connectivity index (χ2n) is 9.05. The largest absolute Gasteiger partial charge is 0.191 e. The zero-order valence-electron chi connectivity index (χ0n) is 22.3. The summed E-state index contributed by atoms with van der Waals surface area (Å²) < 4.78 is 0. The van der Waals surface area contributed by atoms with Crippen molar-refractivity contribution < 1.29 is 0 Å². The fourth-order valence-corrected chi connectivity index (χ4v) is 4.90. The maximum Gasteiger partial charge on any atom is 0.191 e. The zero-order valence-corrected chi connectivity index (χ0v) is 23.3. The fraction of sp³-hybridized carbons (Fsp3) is 0.0270. The van der Waals surface area contributed by atoms with Gasteiger partial charge in [-0.3, -0.25) is 0 Å². The lowest BCUT2D eigenvalue weighted by Crippen LogP contribution is -2.26. The molecule has 6 aromatic carbocycles. The molecule has 0 heterocycles. The summed E-state index contributed by atoms with van der Waals surface area (Å²) in [5.41, 5.74) is 6.37. The van der Waals surface area contributed by atoms with Crippen LogP contribution in [-0.2, 0) is 0 Å². The van der Waals surface area contributed by atoms with Crippen molar-refractivity contribution in [3.05, 3.63) is 181 Å². The van der Waals surface area contributed by atoms with E-state index in [2.05, 4.69) is 166 Å². The SMILES string of the molecule is Cc1ccc(Pc2ccccc2)cc1.[B](c1ccccc1)c1ccccc1.c1ccc(-c2ccccc2)cc1. The molecule has 6 rings (SSSR count). The molecule has 0 spiro atoms. The molecule has 1 unspecified atom stereocenters. The Hall–Kier alpha value is -4.19. The summed E-state index contributed by atoms with van der Waals surface area (Å²) in [5.74, 6) is 0. The van der Waals surface area contributed by atoms with Gasteiger partial charge in [0.25, 0.3) is 0 Å². The maximum absolute atomic E-state index is 2.21. The highest BCUT2D eigenvalue weighted by atomic mass is 31.1. The smallest absolute Gasteiger partial charge is 0.0814 e. The molecule has 0 aromatic heterocycles. The lowest BCUT2D eigenvalue weighted by atomic mass is 9.64. The second kappa shape index (κ2) is 15.9. The standard InChI is InChI=1S/C13H13P.C12H10B.C12H10/c1-11-7-9-13(10-8-11)14-12-5-3-2-4-6-12;1-3-7-11(8-4-1)13-12-9-5-2-6-10-12;1-3-7-11(8-4-1)12-9-5-2-6-10-12/h2-10,14H,1H3;1-10H;1-10H. The Balaban J connectivity index is 0.000000136. The van der Waals surface area contributed by atoms with Crippen molar-refractivity contribution in [3.63, 3.8) is 0 Å². The van der Waals surface area contributed by atoms with E-state index in [1.807, 2.05) is 24.3 Å². The number of benzene rings is 6. The average molecular weight is 519 g/mol. The number of hydrogen-bond donors (Lipinski definition) is 0. The molecule has 0 saturated heterocycles. The Morgan fingerprint density at radius 3 is 1.10 bits per heavy atom. The van der Waals surface area contributed by atoms with Gasteiger partial charge in [-0.1, -0.05) is 201 Å². The lowest BCUT2D eigenvalue weighted by molar-refractivity contribution is 1.49. The van der Waals surface area contributed by atoms with Crippen molar-refractivity contribution in [2.45, 2.75) is 6.92 Å². The van der Waals surface area contributed by atoms with Crippen molar-refractivity contribution in [3.8, 4) is 11.1 Å². The molecule has 0 fully saturated rings. The number of hydrogen-bond acceptors (Lipinski definition) is 0. The highest BCUT2D eigenvalue weighted by Crippen LogP contribution is 2.17. The van der Waals surface area contributed by atoms with Crippen molar-refractivity contribution in [1.82, 2.24) is 0 Å². The van der Waals surface area contributed by atoms with E-state index in [1.165, 1.54) is 38.2 Å². The maximum atomic E-state index is 2.21. The summed E-state index contributed by atoms with van der Waals surface area (Å²) in [7, 11) is 2.94. The van der Waals surface area contributed by atoms with Crippen LogP contribution in [0.3, 0.4) is 0 Å². The van der Waals surface area contributed by atoms with Crippen LogP contribution in [0.25, 0.3) is 11.1 Å². The van der Waals surface area contributed by atoms with E-state index in [0.29, 0.717) is 0 Å². The molecule has 0 amide bonds. The van der Waals surface area contributed by atoms with Gasteiger partial charge in [0.2, 0.25) is 0 Å². The van der Waals surface area contributed by atoms with Crippen LogP contribution in [0, 0.1) is 6.92 Å². The van der Waals surface area contributed by atoms with Gasteiger partial charge in [0.1, 0.15) is 0 Å². The summed E-state index contributed by atoms with van der Waals surface area (Å²) in [6.45, 7) is 2.12. The Labute approximate surface area is 236 Å². The molecule has 0 aliphatic carbocycles. The van der Waals surface area contributed by atoms with Crippen LogP contribution in [0.4, 0.5) is 0 Å². The quantitative estimate of drug-likeness (QED) is 0.165. The van der Waals surface area contributed by atoms with Crippen molar-refractivity contribution in [1.29, 1.82) is 0 Å². The summed E-state index contributed by atoms with van der Waals surface area (Å²) in [4.78, 5) is 0. The van der Waals surface area contributed by atoms with E-state index in [1.54, 1.807) is 0 Å². The molecule has 0 nitrogen and oxygen atoms in total. The van der Waals surface area contributed by atoms with Crippen LogP contribution in [0.5, 0.6) is 0 Å². The molecule has 39 heavy (non-hydrogen) atoms. The van der Waals surface area contributed by atoms with Gasteiger partial charge in [-0.15, -0.1) is 0 Å². The van der Waals surface area contributed by atoms with Gasteiger partial charge in [-0.2, -0.15) is 0 Å². The van der Waals surface area contributed by atoms with Crippen LogP contribution < -0.4 is 21.5 Å². The van der Waals surface area contributed by atoms with E-state index in [-0.39, 0.29) is 0 Å². The van der Waals surface area contributed by atoms with E-state index in [4.69, 9.17) is 0 Å². The summed E-state index contributed by atoms with van der Waals surface area (Å²) in [6.07, 6.45) is 0. The van der Waals surface area contributed by atoms with E-state index >= 15 is 0 Å². The first-order valence-corrected chi connectivity index (χ1v) is 14.2. The Bertz CT molecular complexity index is 1380. The molecule has 0 aliphatic heterocycles. The first-order valence-electron chi connectivity index (χ1n) is 13.2. The molecule has 0 saturated carbocycles. The van der Waals surface area contributed by atoms with Crippen molar-refractivity contribution >= 4 is 37.4 Å². The minimum absolute atomic E-state index is 0.773. The molecule has 0 N–H and O–H groups in total. The minimum Gasteiger partial charge on any atom is -0.0814 e. The van der Waals surface area contributed by atoms with E-state index < -0.39 is 0 Å². The van der Waals surface area contributed by atoms with Gasteiger partial charge < -0.3 is 0 Å². The van der Waals surface area contributed by atoms with Crippen LogP contribution >= 0.6 is 8.58 Å². The Morgan fingerprint density at radius 1 is 0.359 bits per heavy atom. The molecule has 0 aliphatic rings. The van der Waals surface area contributed by atoms with Crippen molar-refractivity contribution in [2.75, 3.05) is 0 Å². The monoisotopic (exact) mass is 519 g/mol. The molecule has 6 aromatic rings. The summed E-state index contributed by atoms with van der Waals surface area (Å²) in [6, 6.07) is 60.8. The summed E-state index contributed by atoms with van der Waals surface area (Å²) >= 11 is 0. The molecule has 0 bridgehead atoms. The molecular formula is C37H33BP. The van der Waals surface area contributed by atoms with Crippen LogP contribution in [-0.4, -0.2) is 7.28 Å². The molecular weight excluding hydrogens is 486 g/mol. The van der Waals surface area contributed by atoms with Gasteiger partial charge in [-0.05, 0) is 28.7 Å². The highest BCUT2D eigenvalue weighted by molar-refractivity contribution is 7.55. The minimum atomic E-state index is 0.773. The van der Waals surface area contributed by atoms with E-state index in [0.717, 1.165) is 8.58 Å². The highest BCUT2D eigenvalue weighted by Gasteiger charge is 1.96. The second-order valence-corrected chi connectivity index (χ2v) is 10.5. The molecule has 189 valence electrons. The topological polar surface area (TPSA) is 0 Å². The molecule has 2 heteroatoms. The average Bonchev–Trinajstić information content (AvgIpc) is 3.02. The molecule has 1 atom stereocenters. The van der Waals surface area contributed by atoms with Crippen LogP contribution in [0.15, 0.2) is 176 Å². The lowest BCUT2D eigenvalue weighted by Gasteiger charge is -2.01. The first kappa shape index (κ1) is 27.8. The van der Waals surface area contributed by atoms with Gasteiger partial charge in [0, 0.05) is 0 Å². The number of rotatable bonds is 5. The van der Waals surface area contributed by atoms with Crippen molar-refractivity contribution in [2.24, 2.45) is 0 Å². The zero-order chi connectivity index (χ0) is 27.0. The predicted octanol–water partition coefficient (Wildman–Crippen LogP) is 7.32. The number of aryl methyl sites for hydroxylation is 1. The Kier molecular flexibility index (Phi) is 11.4. The summed E-state index contributed by atoms with van der Waals surface area (Å²) in [5, 5.41) is 2.80. The third kappa shape index (κ3) is 10.2. The van der Waals surface area contributed by atoms with Gasteiger partial charge >= 0.3 is 0 Å². The first-order chi connectivity index (χ1) is 19.3. The predicted molar refractivity (Wildman–Crippen MR) is 175 cm³/mol. The van der Waals surface area contributed by atoms with Gasteiger partial charge in [0.15, 0.2) is 7.28 Å². The fourth-order valence-electron chi connectivity index (χ4n) is 3.88. The van der Waals surface area contributed by atoms with E-state index in [9.17, 15) is 0 Å². The van der Waals surface area contributed by atoms with Crippen LogP contribution in [0.1, 0.15) is 5.56 Å². The molecule has 1 radical (unpaired) electrons. The van der Waals surface area contributed by atoms with Gasteiger partial charge in [0.05, 0.1) is 0 Å². The van der Waals surface area contributed by atoms with Gasteiger partial charge in [-0.25, -0.2) is 0 Å². The third-order valence-corrected chi connectivity index (χ3v) is 7.17.